The average molecular weight is 403 g/mol. The van der Waals surface area contributed by atoms with Crippen LogP contribution in [0.2, 0.25) is 0 Å². The zero-order valence-corrected chi connectivity index (χ0v) is 19.8. The van der Waals surface area contributed by atoms with Gasteiger partial charge in [0.05, 0.1) is 5.92 Å². The molecule has 4 aliphatic rings. The minimum Gasteiger partial charge on any atom is -0.481 e. The Kier molecular flexibility index (Phi) is 5.88. The van der Waals surface area contributed by atoms with Crippen LogP contribution in [0.3, 0.4) is 0 Å². The Bertz CT molecular complexity index is 614. The summed E-state index contributed by atoms with van der Waals surface area (Å²) in [4.78, 5) is 11.4. The molecule has 10 atom stereocenters. The van der Waals surface area contributed by atoms with Gasteiger partial charge in [0, 0.05) is 0 Å². The molecule has 0 aromatic heterocycles. The number of rotatable bonds is 5. The van der Waals surface area contributed by atoms with Gasteiger partial charge in [-0.25, -0.2) is 0 Å². The van der Waals surface area contributed by atoms with E-state index >= 15 is 0 Å². The first kappa shape index (κ1) is 21.7. The minimum absolute atomic E-state index is 0.204. The van der Waals surface area contributed by atoms with Crippen LogP contribution in [0.1, 0.15) is 105 Å². The predicted octanol–water partition coefficient (Wildman–Crippen LogP) is 7.42. The maximum atomic E-state index is 11.4. The monoisotopic (exact) mass is 402 g/mol. The lowest BCUT2D eigenvalue weighted by molar-refractivity contribution is -0.144. The Labute approximate surface area is 179 Å². The zero-order chi connectivity index (χ0) is 21.0. The highest BCUT2D eigenvalue weighted by molar-refractivity contribution is 5.69. The number of fused-ring (bicyclic) bond motifs is 5. The molecule has 0 heterocycles. The van der Waals surface area contributed by atoms with Crippen LogP contribution in [0.5, 0.6) is 0 Å². The molecule has 3 unspecified atom stereocenters. The van der Waals surface area contributed by atoms with E-state index in [1.54, 1.807) is 0 Å². The predicted molar refractivity (Wildman–Crippen MR) is 120 cm³/mol. The van der Waals surface area contributed by atoms with Crippen molar-refractivity contribution >= 4 is 5.97 Å². The van der Waals surface area contributed by atoms with Gasteiger partial charge in [-0.2, -0.15) is 0 Å². The van der Waals surface area contributed by atoms with Crippen molar-refractivity contribution < 1.29 is 9.90 Å². The molecule has 4 fully saturated rings. The van der Waals surface area contributed by atoms with E-state index in [1.807, 2.05) is 6.92 Å². The summed E-state index contributed by atoms with van der Waals surface area (Å²) in [6, 6.07) is 0. The first-order valence-electron chi connectivity index (χ1n) is 12.9. The molecule has 4 aliphatic carbocycles. The van der Waals surface area contributed by atoms with Crippen molar-refractivity contribution in [3.05, 3.63) is 0 Å². The topological polar surface area (TPSA) is 37.3 Å². The fourth-order valence-corrected chi connectivity index (χ4v) is 9.82. The van der Waals surface area contributed by atoms with Gasteiger partial charge in [0.25, 0.3) is 0 Å². The van der Waals surface area contributed by atoms with Crippen molar-refractivity contribution in [3.63, 3.8) is 0 Å². The maximum absolute atomic E-state index is 11.4. The van der Waals surface area contributed by atoms with Gasteiger partial charge in [-0.15, -0.1) is 0 Å². The Hall–Kier alpha value is -0.530. The fourth-order valence-electron chi connectivity index (χ4n) is 9.82. The Morgan fingerprint density at radius 3 is 2.38 bits per heavy atom. The third-order valence-electron chi connectivity index (χ3n) is 11.2. The molecule has 166 valence electrons. The number of hydrogen-bond acceptors (Lipinski definition) is 1. The van der Waals surface area contributed by atoms with Gasteiger partial charge in [-0.3, -0.25) is 4.79 Å². The van der Waals surface area contributed by atoms with Gasteiger partial charge in [0.2, 0.25) is 0 Å². The third-order valence-corrected chi connectivity index (χ3v) is 11.2. The van der Waals surface area contributed by atoms with E-state index in [2.05, 4.69) is 27.7 Å². The second kappa shape index (κ2) is 7.86. The summed E-state index contributed by atoms with van der Waals surface area (Å²) in [6.45, 7) is 12.0. The van der Waals surface area contributed by atoms with Crippen LogP contribution in [-0.4, -0.2) is 11.1 Å². The molecular formula is C27H46O2. The second-order valence-electron chi connectivity index (χ2n) is 12.3. The lowest BCUT2D eigenvalue weighted by atomic mass is 9.42. The first-order valence-corrected chi connectivity index (χ1v) is 12.9. The smallest absolute Gasteiger partial charge is 0.306 e. The van der Waals surface area contributed by atoms with Crippen LogP contribution in [0.25, 0.3) is 0 Å². The quantitative estimate of drug-likeness (QED) is 0.519. The summed E-state index contributed by atoms with van der Waals surface area (Å²) in [7, 11) is 0. The van der Waals surface area contributed by atoms with Gasteiger partial charge >= 0.3 is 5.97 Å². The summed E-state index contributed by atoms with van der Waals surface area (Å²) >= 11 is 0. The number of carboxylic acid groups (broad SMARTS) is 1. The average Bonchev–Trinajstić information content (AvgIpc) is 3.04. The van der Waals surface area contributed by atoms with Crippen LogP contribution in [-0.2, 0) is 4.79 Å². The van der Waals surface area contributed by atoms with Crippen LogP contribution in [0, 0.1) is 58.2 Å². The number of carboxylic acids is 1. The van der Waals surface area contributed by atoms with Gasteiger partial charge in [-0.1, -0.05) is 53.9 Å². The second-order valence-corrected chi connectivity index (χ2v) is 12.3. The lowest BCUT2D eigenvalue weighted by Gasteiger charge is -2.63. The van der Waals surface area contributed by atoms with Crippen molar-refractivity contribution in [3.8, 4) is 0 Å². The SMILES string of the molecule is CCC1C[C@H]2[C@@H]3CC[C@H]([C@H](C)CC(C)C(=O)O)[C@@]3(C)CC[C@@H]2[C@@]2(C)CCCCC12. The highest BCUT2D eigenvalue weighted by Gasteiger charge is 2.61. The number of carbonyl (C=O) groups is 1. The van der Waals surface area contributed by atoms with E-state index < -0.39 is 5.97 Å². The van der Waals surface area contributed by atoms with Crippen molar-refractivity contribution in [2.24, 2.45) is 58.2 Å². The third kappa shape index (κ3) is 3.39. The molecule has 29 heavy (non-hydrogen) atoms. The molecule has 0 saturated heterocycles. The van der Waals surface area contributed by atoms with Gasteiger partial charge in [0.1, 0.15) is 0 Å². The number of aliphatic carboxylic acids is 1. The van der Waals surface area contributed by atoms with Crippen LogP contribution in [0.15, 0.2) is 0 Å². The number of hydrogen-bond donors (Lipinski definition) is 1. The Morgan fingerprint density at radius 2 is 1.69 bits per heavy atom. The van der Waals surface area contributed by atoms with Crippen molar-refractivity contribution in [2.75, 3.05) is 0 Å². The molecule has 1 N–H and O–H groups in total. The van der Waals surface area contributed by atoms with Gasteiger partial charge < -0.3 is 5.11 Å². The summed E-state index contributed by atoms with van der Waals surface area (Å²) in [5.41, 5.74) is 1.06. The molecular weight excluding hydrogens is 356 g/mol. The molecule has 0 radical (unpaired) electrons. The highest BCUT2D eigenvalue weighted by atomic mass is 16.4. The molecule has 0 spiro atoms. The van der Waals surface area contributed by atoms with Crippen LogP contribution < -0.4 is 0 Å². The fraction of sp³-hybridized carbons (Fsp3) is 0.963. The van der Waals surface area contributed by atoms with Gasteiger partial charge in [0.15, 0.2) is 0 Å². The molecule has 2 heteroatoms. The normalized spacial score (nSPS) is 48.9. The van der Waals surface area contributed by atoms with E-state index in [0.29, 0.717) is 16.7 Å². The molecule has 0 bridgehead atoms. The first-order chi connectivity index (χ1) is 13.7. The molecule has 0 aliphatic heterocycles. The van der Waals surface area contributed by atoms with E-state index in [9.17, 15) is 9.90 Å². The maximum Gasteiger partial charge on any atom is 0.306 e. The molecule has 4 rings (SSSR count). The summed E-state index contributed by atoms with van der Waals surface area (Å²) in [5, 5.41) is 9.42. The minimum atomic E-state index is -0.616. The molecule has 2 nitrogen and oxygen atoms in total. The van der Waals surface area contributed by atoms with Crippen molar-refractivity contribution in [1.82, 2.24) is 0 Å². The molecule has 0 aromatic carbocycles. The lowest BCUT2D eigenvalue weighted by Crippen LogP contribution is -2.55. The van der Waals surface area contributed by atoms with E-state index in [-0.39, 0.29) is 5.92 Å². The molecule has 0 amide bonds. The van der Waals surface area contributed by atoms with Crippen LogP contribution in [0.4, 0.5) is 0 Å². The summed E-state index contributed by atoms with van der Waals surface area (Å²) in [5.74, 6) is 5.17. The zero-order valence-electron chi connectivity index (χ0n) is 19.8. The van der Waals surface area contributed by atoms with Crippen molar-refractivity contribution in [1.29, 1.82) is 0 Å². The highest BCUT2D eigenvalue weighted by Crippen LogP contribution is 2.69. The van der Waals surface area contributed by atoms with E-state index in [4.69, 9.17) is 0 Å². The van der Waals surface area contributed by atoms with Gasteiger partial charge in [-0.05, 0) is 104 Å². The Morgan fingerprint density at radius 1 is 0.966 bits per heavy atom. The van der Waals surface area contributed by atoms with E-state index in [1.165, 1.54) is 64.2 Å². The largest absolute Gasteiger partial charge is 0.481 e. The van der Waals surface area contributed by atoms with Crippen LogP contribution >= 0.6 is 0 Å². The standard InChI is InChI=1S/C27H46O2/c1-6-19-16-20-23-11-10-21(17(2)15-18(3)25(28)29)27(23,5)14-12-24(20)26(4)13-8-7-9-22(19)26/h17-24H,6-16H2,1-5H3,(H,28,29)/t17-,18?,19?,20+,21-,22?,23+,24+,26+,27-/m1/s1. The van der Waals surface area contributed by atoms with Crippen molar-refractivity contribution in [2.45, 2.75) is 105 Å². The molecule has 0 aromatic rings. The molecule has 4 saturated carbocycles. The Balaban J connectivity index is 1.57. The summed E-state index contributed by atoms with van der Waals surface area (Å²) < 4.78 is 0. The van der Waals surface area contributed by atoms with E-state index in [0.717, 1.165) is 41.9 Å². The summed E-state index contributed by atoms with van der Waals surface area (Å²) in [6.07, 6.45) is 15.2.